The molecule has 0 fully saturated rings. The lowest BCUT2D eigenvalue weighted by molar-refractivity contribution is -0.137. The monoisotopic (exact) mass is 250 g/mol. The molecule has 0 aliphatic rings. The average Bonchev–Trinajstić information content (AvgIpc) is 2.36. The van der Waals surface area contributed by atoms with Gasteiger partial charge in [-0.25, -0.2) is 0 Å². The molecule has 2 atom stereocenters. The summed E-state index contributed by atoms with van der Waals surface area (Å²) in [5.41, 5.74) is 1.28. The minimum absolute atomic E-state index is 0.141. The molecule has 0 saturated heterocycles. The van der Waals surface area contributed by atoms with Gasteiger partial charge in [-0.05, 0) is 37.2 Å². The number of aryl methyl sites for hydroxylation is 1. The smallest absolute Gasteiger partial charge is 0.303 e. The van der Waals surface area contributed by atoms with Crippen LogP contribution in [0.5, 0.6) is 0 Å². The highest BCUT2D eigenvalue weighted by Crippen LogP contribution is 2.17. The number of rotatable bonds is 8. The number of benzene rings is 1. The molecule has 1 aromatic rings. The van der Waals surface area contributed by atoms with E-state index in [4.69, 9.17) is 5.11 Å². The van der Waals surface area contributed by atoms with Gasteiger partial charge in [0, 0.05) is 6.42 Å². The van der Waals surface area contributed by atoms with E-state index in [1.807, 2.05) is 25.1 Å². The van der Waals surface area contributed by atoms with Crippen molar-refractivity contribution in [2.75, 3.05) is 0 Å². The molecule has 3 heteroatoms. The lowest BCUT2D eigenvalue weighted by Crippen LogP contribution is -2.18. The van der Waals surface area contributed by atoms with Gasteiger partial charge in [0.1, 0.15) is 0 Å². The van der Waals surface area contributed by atoms with E-state index in [2.05, 4.69) is 12.1 Å². The lowest BCUT2D eigenvalue weighted by Gasteiger charge is -2.18. The van der Waals surface area contributed by atoms with Gasteiger partial charge in [0.25, 0.3) is 0 Å². The van der Waals surface area contributed by atoms with Gasteiger partial charge in [-0.3, -0.25) is 4.79 Å². The zero-order valence-corrected chi connectivity index (χ0v) is 10.9. The molecule has 2 N–H and O–H groups in total. The molecule has 1 rings (SSSR count). The topological polar surface area (TPSA) is 57.5 Å². The number of aliphatic hydroxyl groups excluding tert-OH is 1. The second kappa shape index (κ2) is 7.88. The van der Waals surface area contributed by atoms with Crippen LogP contribution in [0.25, 0.3) is 0 Å². The number of hydrogen-bond donors (Lipinski definition) is 2. The zero-order chi connectivity index (χ0) is 13.4. The molecular formula is C15H22O3. The maximum Gasteiger partial charge on any atom is 0.303 e. The van der Waals surface area contributed by atoms with E-state index in [0.29, 0.717) is 12.8 Å². The Morgan fingerprint density at radius 3 is 2.50 bits per heavy atom. The normalized spacial score (nSPS) is 14.1. The Labute approximate surface area is 108 Å². The van der Waals surface area contributed by atoms with Crippen LogP contribution in [0.1, 0.15) is 38.2 Å². The number of carboxylic acid groups (broad SMARTS) is 1. The zero-order valence-electron chi connectivity index (χ0n) is 10.9. The van der Waals surface area contributed by atoms with Crippen molar-refractivity contribution in [1.29, 1.82) is 0 Å². The van der Waals surface area contributed by atoms with Gasteiger partial charge in [0.05, 0.1) is 6.10 Å². The van der Waals surface area contributed by atoms with Crippen LogP contribution >= 0.6 is 0 Å². The van der Waals surface area contributed by atoms with Crippen molar-refractivity contribution < 1.29 is 15.0 Å². The largest absolute Gasteiger partial charge is 0.481 e. The van der Waals surface area contributed by atoms with E-state index in [-0.39, 0.29) is 12.3 Å². The maximum atomic E-state index is 10.4. The van der Waals surface area contributed by atoms with Crippen LogP contribution in [0.2, 0.25) is 0 Å². The molecule has 1 aromatic carbocycles. The van der Waals surface area contributed by atoms with Crippen molar-refractivity contribution in [1.82, 2.24) is 0 Å². The van der Waals surface area contributed by atoms with Gasteiger partial charge in [0.2, 0.25) is 0 Å². The highest BCUT2D eigenvalue weighted by Gasteiger charge is 2.14. The van der Waals surface area contributed by atoms with Crippen molar-refractivity contribution in [3.8, 4) is 0 Å². The van der Waals surface area contributed by atoms with Gasteiger partial charge in [-0.15, -0.1) is 0 Å². The van der Waals surface area contributed by atoms with Crippen molar-refractivity contribution >= 4 is 5.97 Å². The molecule has 0 aliphatic carbocycles. The fraction of sp³-hybridized carbons (Fsp3) is 0.533. The predicted molar refractivity (Wildman–Crippen MR) is 71.4 cm³/mol. The van der Waals surface area contributed by atoms with Crippen LogP contribution in [0, 0.1) is 5.92 Å². The summed E-state index contributed by atoms with van der Waals surface area (Å²) in [7, 11) is 0. The first-order chi connectivity index (χ1) is 8.59. The van der Waals surface area contributed by atoms with Crippen molar-refractivity contribution in [2.45, 2.75) is 45.1 Å². The molecule has 3 nitrogen and oxygen atoms in total. The summed E-state index contributed by atoms with van der Waals surface area (Å²) in [4.78, 5) is 10.4. The number of carboxylic acids is 1. The Morgan fingerprint density at radius 2 is 1.89 bits per heavy atom. The second-order valence-corrected chi connectivity index (χ2v) is 4.85. The standard InChI is InChI=1S/C15H22O3/c1-12(14(16)8-5-9-15(17)18)10-11-13-6-3-2-4-7-13/h2-4,6-7,12,14,16H,5,8-11H2,1H3,(H,17,18). The fourth-order valence-electron chi connectivity index (χ4n) is 1.98. The summed E-state index contributed by atoms with van der Waals surface area (Å²) in [5.74, 6) is -0.585. The van der Waals surface area contributed by atoms with Gasteiger partial charge in [-0.2, -0.15) is 0 Å². The third-order valence-corrected chi connectivity index (χ3v) is 3.28. The van der Waals surface area contributed by atoms with E-state index in [1.165, 1.54) is 5.56 Å². The summed E-state index contributed by atoms with van der Waals surface area (Å²) >= 11 is 0. The van der Waals surface area contributed by atoms with Crippen LogP contribution in [0.15, 0.2) is 30.3 Å². The summed E-state index contributed by atoms with van der Waals surface area (Å²) in [6.07, 6.45) is 2.75. The summed E-state index contributed by atoms with van der Waals surface area (Å²) < 4.78 is 0. The molecule has 0 aromatic heterocycles. The van der Waals surface area contributed by atoms with Crippen molar-refractivity contribution in [2.24, 2.45) is 5.92 Å². The molecule has 0 radical (unpaired) electrons. The number of hydrogen-bond acceptors (Lipinski definition) is 2. The Kier molecular flexibility index (Phi) is 6.44. The Morgan fingerprint density at radius 1 is 1.22 bits per heavy atom. The molecule has 100 valence electrons. The third kappa shape index (κ3) is 5.82. The van der Waals surface area contributed by atoms with E-state index in [9.17, 15) is 9.90 Å². The van der Waals surface area contributed by atoms with Crippen molar-refractivity contribution in [3.05, 3.63) is 35.9 Å². The van der Waals surface area contributed by atoms with Crippen LogP contribution in [0.4, 0.5) is 0 Å². The predicted octanol–water partition coefficient (Wildman–Crippen LogP) is 2.87. The molecule has 0 aliphatic heterocycles. The molecule has 2 unspecified atom stereocenters. The summed E-state index contributed by atoms with van der Waals surface area (Å²) in [6, 6.07) is 10.2. The first-order valence-corrected chi connectivity index (χ1v) is 6.53. The molecule has 0 heterocycles. The Balaban J connectivity index is 2.23. The molecule has 0 bridgehead atoms. The Hall–Kier alpha value is -1.35. The second-order valence-electron chi connectivity index (χ2n) is 4.85. The van der Waals surface area contributed by atoms with Crippen LogP contribution < -0.4 is 0 Å². The SMILES string of the molecule is CC(CCc1ccccc1)C(O)CCCC(=O)O. The third-order valence-electron chi connectivity index (χ3n) is 3.28. The molecular weight excluding hydrogens is 228 g/mol. The van der Waals surface area contributed by atoms with Crippen molar-refractivity contribution in [3.63, 3.8) is 0 Å². The van der Waals surface area contributed by atoms with E-state index >= 15 is 0 Å². The van der Waals surface area contributed by atoms with E-state index < -0.39 is 12.1 Å². The first kappa shape index (κ1) is 14.7. The average molecular weight is 250 g/mol. The number of aliphatic carboxylic acids is 1. The summed E-state index contributed by atoms with van der Waals surface area (Å²) in [5, 5.41) is 18.5. The fourth-order valence-corrected chi connectivity index (χ4v) is 1.98. The van der Waals surface area contributed by atoms with Crippen LogP contribution in [0.3, 0.4) is 0 Å². The van der Waals surface area contributed by atoms with Crippen LogP contribution in [-0.2, 0) is 11.2 Å². The minimum atomic E-state index is -0.792. The quantitative estimate of drug-likeness (QED) is 0.746. The van der Waals surface area contributed by atoms with Crippen LogP contribution in [-0.4, -0.2) is 22.3 Å². The summed E-state index contributed by atoms with van der Waals surface area (Å²) in [6.45, 7) is 2.02. The molecule has 18 heavy (non-hydrogen) atoms. The minimum Gasteiger partial charge on any atom is -0.481 e. The van der Waals surface area contributed by atoms with Gasteiger partial charge in [-0.1, -0.05) is 37.3 Å². The highest BCUT2D eigenvalue weighted by molar-refractivity contribution is 5.66. The Bertz CT molecular complexity index is 348. The number of aliphatic hydroxyl groups is 1. The van der Waals surface area contributed by atoms with Gasteiger partial charge >= 0.3 is 5.97 Å². The van der Waals surface area contributed by atoms with E-state index in [1.54, 1.807) is 0 Å². The lowest BCUT2D eigenvalue weighted by atomic mass is 9.93. The highest BCUT2D eigenvalue weighted by atomic mass is 16.4. The molecule has 0 amide bonds. The van der Waals surface area contributed by atoms with E-state index in [0.717, 1.165) is 12.8 Å². The molecule has 0 spiro atoms. The first-order valence-electron chi connectivity index (χ1n) is 6.53. The molecule has 0 saturated carbocycles. The van der Waals surface area contributed by atoms with Gasteiger partial charge in [0.15, 0.2) is 0 Å². The number of carbonyl (C=O) groups is 1. The maximum absolute atomic E-state index is 10.4. The van der Waals surface area contributed by atoms with Gasteiger partial charge < -0.3 is 10.2 Å².